The average Bonchev–Trinajstić information content (AvgIpc) is 2.68. The third-order valence-electron chi connectivity index (χ3n) is 4.12. The molecule has 0 heterocycles. The van der Waals surface area contributed by atoms with Crippen LogP contribution in [0.25, 0.3) is 0 Å². The van der Waals surface area contributed by atoms with Gasteiger partial charge in [0.15, 0.2) is 11.5 Å². The van der Waals surface area contributed by atoms with E-state index in [1.165, 1.54) is 27.4 Å². The highest BCUT2D eigenvalue weighted by Gasteiger charge is 2.15. The number of ether oxygens (including phenoxy) is 3. The molecule has 0 saturated carbocycles. The van der Waals surface area contributed by atoms with Crippen LogP contribution < -0.4 is 19.5 Å². The Morgan fingerprint density at radius 3 is 2.32 bits per heavy atom. The van der Waals surface area contributed by atoms with E-state index in [4.69, 9.17) is 25.8 Å². The van der Waals surface area contributed by atoms with Crippen molar-refractivity contribution in [3.05, 3.63) is 52.3 Å². The van der Waals surface area contributed by atoms with Crippen LogP contribution in [-0.4, -0.2) is 45.7 Å². The van der Waals surface area contributed by atoms with E-state index >= 15 is 0 Å². The molecule has 8 heteroatoms. The van der Waals surface area contributed by atoms with Crippen molar-refractivity contribution in [3.8, 4) is 17.2 Å². The third-order valence-corrected chi connectivity index (χ3v) is 4.47. The molecule has 0 atom stereocenters. The Kier molecular flexibility index (Phi) is 7.90. The number of nitrogens with one attached hydrogen (secondary N) is 1. The van der Waals surface area contributed by atoms with Crippen LogP contribution in [0.1, 0.15) is 11.1 Å². The first-order valence-electron chi connectivity index (χ1n) is 8.56. The number of rotatable bonds is 9. The molecule has 2 aromatic carbocycles. The Labute approximate surface area is 169 Å². The number of carbonyl (C=O) groups is 1. The van der Waals surface area contributed by atoms with Gasteiger partial charge in [-0.05, 0) is 36.9 Å². The van der Waals surface area contributed by atoms with Crippen LogP contribution in [0, 0.1) is 5.82 Å². The van der Waals surface area contributed by atoms with Crippen LogP contribution in [0.15, 0.2) is 30.3 Å². The molecule has 0 aliphatic heterocycles. The molecule has 2 rings (SSSR count). The van der Waals surface area contributed by atoms with Crippen molar-refractivity contribution in [1.82, 2.24) is 10.2 Å². The molecule has 0 spiro atoms. The second-order valence-electron chi connectivity index (χ2n) is 6.18. The lowest BCUT2D eigenvalue weighted by molar-refractivity contribution is -0.122. The molecule has 0 bridgehead atoms. The summed E-state index contributed by atoms with van der Waals surface area (Å²) in [4.78, 5) is 13.9. The van der Waals surface area contributed by atoms with Gasteiger partial charge in [-0.1, -0.05) is 17.7 Å². The molecule has 0 aliphatic rings. The Hall–Kier alpha value is -2.51. The molecule has 0 unspecified atom stereocenters. The second kappa shape index (κ2) is 10.1. The van der Waals surface area contributed by atoms with Gasteiger partial charge in [0, 0.05) is 23.7 Å². The molecular weight excluding hydrogens is 387 g/mol. The number of halogens is 2. The maximum absolute atomic E-state index is 13.9. The fourth-order valence-electron chi connectivity index (χ4n) is 2.75. The predicted molar refractivity (Wildman–Crippen MR) is 106 cm³/mol. The topological polar surface area (TPSA) is 60.0 Å². The molecule has 1 N–H and O–H groups in total. The van der Waals surface area contributed by atoms with Gasteiger partial charge in [-0.15, -0.1) is 0 Å². The molecule has 28 heavy (non-hydrogen) atoms. The van der Waals surface area contributed by atoms with Crippen LogP contribution in [-0.2, 0) is 17.9 Å². The molecule has 0 aromatic heterocycles. The van der Waals surface area contributed by atoms with Gasteiger partial charge in [0.25, 0.3) is 0 Å². The number of hydrogen-bond acceptors (Lipinski definition) is 5. The summed E-state index contributed by atoms with van der Waals surface area (Å²) in [5, 5.41) is 3.16. The fourth-order valence-corrected chi connectivity index (χ4v) is 2.97. The molecule has 0 fully saturated rings. The number of methoxy groups -OCH3 is 3. The Morgan fingerprint density at radius 2 is 1.79 bits per heavy atom. The maximum atomic E-state index is 13.9. The number of likely N-dealkylation sites (N-methyl/N-ethyl adjacent to an activating group) is 1. The normalized spacial score (nSPS) is 10.7. The number of benzene rings is 2. The zero-order valence-electron chi connectivity index (χ0n) is 16.3. The minimum absolute atomic E-state index is 0.0923. The van der Waals surface area contributed by atoms with Crippen molar-refractivity contribution >= 4 is 17.5 Å². The van der Waals surface area contributed by atoms with Gasteiger partial charge in [-0.25, -0.2) is 4.39 Å². The van der Waals surface area contributed by atoms with Gasteiger partial charge < -0.3 is 19.5 Å². The monoisotopic (exact) mass is 410 g/mol. The first kappa shape index (κ1) is 21.8. The lowest BCUT2D eigenvalue weighted by atomic mass is 10.1. The van der Waals surface area contributed by atoms with Crippen molar-refractivity contribution in [2.45, 2.75) is 13.1 Å². The standard InChI is InChI=1S/C20H24ClFN2O4/c1-24(11-14-15(21)6-5-7-16(14)22)12-19(25)23-10-13-8-17(26-2)20(28-4)18(9-13)27-3/h5-9H,10-12H2,1-4H3,(H,23,25). The Balaban J connectivity index is 1.97. The van der Waals surface area contributed by atoms with Crippen molar-refractivity contribution < 1.29 is 23.4 Å². The summed E-state index contributed by atoms with van der Waals surface area (Å²) < 4.78 is 29.8. The van der Waals surface area contributed by atoms with E-state index < -0.39 is 5.82 Å². The number of hydrogen-bond donors (Lipinski definition) is 1. The van der Waals surface area contributed by atoms with E-state index in [-0.39, 0.29) is 25.5 Å². The summed E-state index contributed by atoms with van der Waals surface area (Å²) in [5.74, 6) is 0.914. The largest absolute Gasteiger partial charge is 0.493 e. The molecule has 152 valence electrons. The summed E-state index contributed by atoms with van der Waals surface area (Å²) in [6.45, 7) is 0.599. The molecule has 0 aliphatic carbocycles. The van der Waals surface area contributed by atoms with Crippen molar-refractivity contribution in [3.63, 3.8) is 0 Å². The average molecular weight is 411 g/mol. The van der Waals surface area contributed by atoms with Crippen LogP contribution in [0.3, 0.4) is 0 Å². The fraction of sp³-hybridized carbons (Fsp3) is 0.350. The molecule has 2 aromatic rings. The number of carbonyl (C=O) groups excluding carboxylic acids is 1. The first-order valence-corrected chi connectivity index (χ1v) is 8.94. The summed E-state index contributed by atoms with van der Waals surface area (Å²) in [5.41, 5.74) is 1.16. The lowest BCUT2D eigenvalue weighted by Crippen LogP contribution is -2.34. The van der Waals surface area contributed by atoms with Crippen LogP contribution in [0.4, 0.5) is 4.39 Å². The maximum Gasteiger partial charge on any atom is 0.234 e. The van der Waals surface area contributed by atoms with Gasteiger partial charge >= 0.3 is 0 Å². The van der Waals surface area contributed by atoms with Crippen molar-refractivity contribution in [1.29, 1.82) is 0 Å². The van der Waals surface area contributed by atoms with Gasteiger partial charge in [-0.3, -0.25) is 9.69 Å². The van der Waals surface area contributed by atoms with Crippen molar-refractivity contribution in [2.24, 2.45) is 0 Å². The minimum atomic E-state index is -0.391. The second-order valence-corrected chi connectivity index (χ2v) is 6.59. The number of amides is 1. The molecule has 0 saturated heterocycles. The van der Waals surface area contributed by atoms with E-state index in [2.05, 4.69) is 5.32 Å². The van der Waals surface area contributed by atoms with Crippen molar-refractivity contribution in [2.75, 3.05) is 34.9 Å². The van der Waals surface area contributed by atoms with E-state index in [0.717, 1.165) is 5.56 Å². The van der Waals surface area contributed by atoms with Crippen LogP contribution in [0.2, 0.25) is 5.02 Å². The quantitative estimate of drug-likeness (QED) is 0.687. The zero-order chi connectivity index (χ0) is 20.7. The number of nitrogens with zero attached hydrogens (tertiary/aromatic N) is 1. The molecule has 1 amide bonds. The van der Waals surface area contributed by atoms with Crippen LogP contribution in [0.5, 0.6) is 17.2 Å². The summed E-state index contributed by atoms with van der Waals surface area (Å²) >= 11 is 6.03. The Bertz CT molecular complexity index is 787. The molecule has 0 radical (unpaired) electrons. The highest BCUT2D eigenvalue weighted by Crippen LogP contribution is 2.38. The smallest absolute Gasteiger partial charge is 0.234 e. The third kappa shape index (κ3) is 5.50. The Morgan fingerprint density at radius 1 is 1.14 bits per heavy atom. The highest BCUT2D eigenvalue weighted by atomic mass is 35.5. The SMILES string of the molecule is COc1cc(CNC(=O)CN(C)Cc2c(F)cccc2Cl)cc(OC)c1OC. The predicted octanol–water partition coefficient (Wildman–Crippen LogP) is 3.25. The minimum Gasteiger partial charge on any atom is -0.493 e. The van der Waals surface area contributed by atoms with E-state index in [9.17, 15) is 9.18 Å². The van der Waals surface area contributed by atoms with Gasteiger partial charge in [0.2, 0.25) is 11.7 Å². The molecule has 6 nitrogen and oxygen atoms in total. The van der Waals surface area contributed by atoms with Crippen LogP contribution >= 0.6 is 11.6 Å². The van der Waals surface area contributed by atoms with Gasteiger partial charge in [-0.2, -0.15) is 0 Å². The summed E-state index contributed by atoms with van der Waals surface area (Å²) in [7, 11) is 6.31. The highest BCUT2D eigenvalue weighted by molar-refractivity contribution is 6.31. The summed E-state index contributed by atoms with van der Waals surface area (Å²) in [6.07, 6.45) is 0. The molecular formula is C20H24ClFN2O4. The van der Waals surface area contributed by atoms with E-state index in [1.807, 2.05) is 0 Å². The van der Waals surface area contributed by atoms with Gasteiger partial charge in [0.05, 0.1) is 27.9 Å². The first-order chi connectivity index (χ1) is 13.4. The zero-order valence-corrected chi connectivity index (χ0v) is 17.1. The van der Waals surface area contributed by atoms with Gasteiger partial charge in [0.1, 0.15) is 5.82 Å². The van der Waals surface area contributed by atoms with E-state index in [0.29, 0.717) is 27.8 Å². The lowest BCUT2D eigenvalue weighted by Gasteiger charge is -2.18. The van der Waals surface area contributed by atoms with E-state index in [1.54, 1.807) is 36.2 Å². The summed E-state index contributed by atoms with van der Waals surface area (Å²) in [6, 6.07) is 8.05.